The summed E-state index contributed by atoms with van der Waals surface area (Å²) in [5, 5.41) is 1.48. The van der Waals surface area contributed by atoms with Crippen LogP contribution in [-0.4, -0.2) is 28.7 Å². The Bertz CT molecular complexity index is 717. The van der Waals surface area contributed by atoms with Crippen molar-refractivity contribution in [3.63, 3.8) is 0 Å². The van der Waals surface area contributed by atoms with Crippen LogP contribution < -0.4 is 5.43 Å². The van der Waals surface area contributed by atoms with Crippen molar-refractivity contribution in [2.75, 3.05) is 0 Å². The van der Waals surface area contributed by atoms with Crippen LogP contribution in [0.15, 0.2) is 12.1 Å². The fraction of sp³-hybridized carbons (Fsp3) is 0.619. The average molecular weight is 360 g/mol. The van der Waals surface area contributed by atoms with E-state index in [9.17, 15) is 9.59 Å². The summed E-state index contributed by atoms with van der Waals surface area (Å²) in [5.41, 5.74) is 5.71. The van der Waals surface area contributed by atoms with Gasteiger partial charge in [-0.05, 0) is 58.2 Å². The highest BCUT2D eigenvalue weighted by Crippen LogP contribution is 2.41. The highest BCUT2D eigenvalue weighted by Gasteiger charge is 2.46. The predicted molar refractivity (Wildman–Crippen MR) is 103 cm³/mol. The first-order valence-electron chi connectivity index (χ1n) is 9.33. The number of rotatable bonds is 3. The van der Waals surface area contributed by atoms with E-state index in [-0.39, 0.29) is 17.4 Å². The molecule has 5 nitrogen and oxygen atoms in total. The maximum Gasteiger partial charge on any atom is 0.426 e. The first kappa shape index (κ1) is 20.3. The van der Waals surface area contributed by atoms with Gasteiger partial charge in [0.05, 0.1) is 6.04 Å². The molecule has 1 aromatic rings. The molecule has 0 unspecified atom stereocenters. The number of hydrazine groups is 1. The second-order valence-electron chi connectivity index (χ2n) is 8.82. The Morgan fingerprint density at radius 1 is 1.27 bits per heavy atom. The molecule has 2 amide bonds. The number of nitrogens with one attached hydrogen (secondary N) is 1. The van der Waals surface area contributed by atoms with E-state index in [1.807, 2.05) is 13.0 Å². The summed E-state index contributed by atoms with van der Waals surface area (Å²) in [6.07, 6.45) is 1.10. The van der Waals surface area contributed by atoms with Gasteiger partial charge in [0, 0.05) is 11.0 Å². The Morgan fingerprint density at radius 3 is 2.42 bits per heavy atom. The van der Waals surface area contributed by atoms with Crippen LogP contribution in [0.1, 0.15) is 81.4 Å². The van der Waals surface area contributed by atoms with E-state index in [0.717, 1.165) is 29.5 Å². The summed E-state index contributed by atoms with van der Waals surface area (Å²) in [6.45, 7) is 15.8. The number of nitrogens with zero attached hydrogens (tertiary/aromatic N) is 1. The normalized spacial score (nSPS) is 19.2. The topological polar surface area (TPSA) is 58.6 Å². The van der Waals surface area contributed by atoms with Crippen LogP contribution in [0.25, 0.3) is 0 Å². The third kappa shape index (κ3) is 3.87. The standard InChI is InChI=1S/C21H32N2O3/c1-9-10-16-21(7,8)17-14(3)11-13(2)12-15(17)18(24)23(16)22-19(25)26-20(4,5)6/h11-12,16H,9-10H2,1-8H3,(H,22,25)/t16-/m0/s1. The van der Waals surface area contributed by atoms with E-state index < -0.39 is 11.7 Å². The molecule has 1 heterocycles. The Kier molecular flexibility index (Phi) is 5.41. The molecular weight excluding hydrogens is 328 g/mol. The van der Waals surface area contributed by atoms with Gasteiger partial charge < -0.3 is 4.74 Å². The molecule has 2 rings (SSSR count). The van der Waals surface area contributed by atoms with Gasteiger partial charge in [0.25, 0.3) is 5.91 Å². The lowest BCUT2D eigenvalue weighted by molar-refractivity contribution is 0.00876. The first-order chi connectivity index (χ1) is 11.9. The van der Waals surface area contributed by atoms with Gasteiger partial charge >= 0.3 is 6.09 Å². The number of amides is 2. The second-order valence-corrected chi connectivity index (χ2v) is 8.82. The molecule has 0 fully saturated rings. The molecule has 0 saturated heterocycles. The molecule has 1 aliphatic rings. The van der Waals surface area contributed by atoms with E-state index in [0.29, 0.717) is 5.56 Å². The molecule has 1 N–H and O–H groups in total. The van der Waals surface area contributed by atoms with Gasteiger partial charge in [0.15, 0.2) is 0 Å². The number of hydrogen-bond donors (Lipinski definition) is 1. The van der Waals surface area contributed by atoms with Gasteiger partial charge in [-0.15, -0.1) is 0 Å². The summed E-state index contributed by atoms with van der Waals surface area (Å²) in [6, 6.07) is 3.90. The van der Waals surface area contributed by atoms with Crippen LogP contribution >= 0.6 is 0 Å². The van der Waals surface area contributed by atoms with Crippen molar-refractivity contribution >= 4 is 12.0 Å². The van der Waals surface area contributed by atoms with Crippen molar-refractivity contribution < 1.29 is 14.3 Å². The Balaban J connectivity index is 2.50. The zero-order valence-corrected chi connectivity index (χ0v) is 17.3. The largest absolute Gasteiger partial charge is 0.443 e. The summed E-state index contributed by atoms with van der Waals surface area (Å²) in [5.74, 6) is -0.171. The van der Waals surface area contributed by atoms with Crippen LogP contribution in [0.3, 0.4) is 0 Å². The third-order valence-electron chi connectivity index (χ3n) is 4.89. The molecule has 0 aliphatic carbocycles. The highest BCUT2D eigenvalue weighted by atomic mass is 16.6. The molecule has 1 aromatic carbocycles. The minimum Gasteiger partial charge on any atom is -0.443 e. The van der Waals surface area contributed by atoms with Gasteiger partial charge in [-0.2, -0.15) is 0 Å². The molecule has 0 radical (unpaired) electrons. The Labute approximate surface area is 157 Å². The van der Waals surface area contributed by atoms with Crippen LogP contribution in [-0.2, 0) is 10.2 Å². The van der Waals surface area contributed by atoms with Crippen molar-refractivity contribution in [3.8, 4) is 0 Å². The Morgan fingerprint density at radius 2 is 1.88 bits per heavy atom. The monoisotopic (exact) mass is 360 g/mol. The van der Waals surface area contributed by atoms with Gasteiger partial charge in [0.1, 0.15) is 5.60 Å². The van der Waals surface area contributed by atoms with Gasteiger partial charge in [0.2, 0.25) is 0 Å². The fourth-order valence-corrected chi connectivity index (χ4v) is 4.04. The van der Waals surface area contributed by atoms with E-state index >= 15 is 0 Å². The third-order valence-corrected chi connectivity index (χ3v) is 4.89. The maximum absolute atomic E-state index is 13.3. The molecule has 5 heteroatoms. The lowest BCUT2D eigenvalue weighted by Crippen LogP contribution is -2.62. The van der Waals surface area contributed by atoms with Crippen molar-refractivity contribution in [1.29, 1.82) is 0 Å². The summed E-state index contributed by atoms with van der Waals surface area (Å²) < 4.78 is 5.37. The van der Waals surface area contributed by atoms with Crippen LogP contribution in [0.4, 0.5) is 4.79 Å². The van der Waals surface area contributed by atoms with Crippen LogP contribution in [0.2, 0.25) is 0 Å². The molecule has 0 bridgehead atoms. The van der Waals surface area contributed by atoms with E-state index in [2.05, 4.69) is 39.2 Å². The van der Waals surface area contributed by atoms with E-state index in [4.69, 9.17) is 4.74 Å². The number of carbonyl (C=O) groups is 2. The molecule has 1 atom stereocenters. The number of benzene rings is 1. The minimum atomic E-state index is -0.621. The van der Waals surface area contributed by atoms with Crippen molar-refractivity contribution in [2.24, 2.45) is 0 Å². The molecule has 0 aromatic heterocycles. The van der Waals surface area contributed by atoms with E-state index in [1.54, 1.807) is 20.8 Å². The lowest BCUT2D eigenvalue weighted by atomic mass is 9.69. The van der Waals surface area contributed by atoms with Crippen molar-refractivity contribution in [3.05, 3.63) is 34.4 Å². The van der Waals surface area contributed by atoms with E-state index in [1.165, 1.54) is 5.01 Å². The SMILES string of the molecule is CCC[C@@H]1N(NC(=O)OC(C)(C)C)C(=O)c2cc(C)cc(C)c2C1(C)C. The number of hydrogen-bond acceptors (Lipinski definition) is 3. The van der Waals surface area contributed by atoms with Crippen molar-refractivity contribution in [1.82, 2.24) is 10.4 Å². The molecule has 144 valence electrons. The van der Waals surface area contributed by atoms with Crippen LogP contribution in [0.5, 0.6) is 0 Å². The summed E-state index contributed by atoms with van der Waals surface area (Å²) in [7, 11) is 0. The summed E-state index contributed by atoms with van der Waals surface area (Å²) in [4.78, 5) is 25.6. The zero-order chi connectivity index (χ0) is 19.9. The summed E-state index contributed by atoms with van der Waals surface area (Å²) >= 11 is 0. The lowest BCUT2D eigenvalue weighted by Gasteiger charge is -2.47. The highest BCUT2D eigenvalue weighted by molar-refractivity contribution is 5.99. The first-order valence-corrected chi connectivity index (χ1v) is 9.33. The molecule has 1 aliphatic heterocycles. The van der Waals surface area contributed by atoms with Crippen molar-refractivity contribution in [2.45, 2.75) is 85.3 Å². The van der Waals surface area contributed by atoms with Gasteiger partial charge in [-0.1, -0.05) is 38.8 Å². The number of ether oxygens (including phenoxy) is 1. The number of aryl methyl sites for hydroxylation is 2. The molecular formula is C21H32N2O3. The fourth-order valence-electron chi connectivity index (χ4n) is 4.04. The van der Waals surface area contributed by atoms with Gasteiger partial charge in [-0.3, -0.25) is 4.79 Å². The maximum atomic E-state index is 13.3. The predicted octanol–water partition coefficient (Wildman–Crippen LogP) is 4.65. The molecule has 26 heavy (non-hydrogen) atoms. The second kappa shape index (κ2) is 6.93. The van der Waals surface area contributed by atoms with Crippen LogP contribution in [0, 0.1) is 13.8 Å². The molecule has 0 spiro atoms. The number of fused-ring (bicyclic) bond motifs is 1. The Hall–Kier alpha value is -2.04. The average Bonchev–Trinajstić information content (AvgIpc) is 2.45. The zero-order valence-electron chi connectivity index (χ0n) is 17.3. The minimum absolute atomic E-state index is 0.138. The number of carbonyl (C=O) groups excluding carboxylic acids is 2. The quantitative estimate of drug-likeness (QED) is 0.854. The van der Waals surface area contributed by atoms with Gasteiger partial charge in [-0.25, -0.2) is 15.2 Å². The molecule has 0 saturated carbocycles. The smallest absolute Gasteiger partial charge is 0.426 e.